The van der Waals surface area contributed by atoms with E-state index in [1.807, 2.05) is 11.4 Å². The van der Waals surface area contributed by atoms with Gasteiger partial charge in [-0.25, -0.2) is 8.42 Å². The monoisotopic (exact) mass is 376 g/mol. The molecule has 2 aromatic rings. The molecule has 0 radical (unpaired) electrons. The van der Waals surface area contributed by atoms with Gasteiger partial charge in [-0.3, -0.25) is 4.79 Å². The largest absolute Gasteiger partial charge is 0.339 e. The van der Waals surface area contributed by atoms with Crippen LogP contribution < -0.4 is 0 Å². The Hall–Kier alpha value is -1.70. The fraction of sp³-hybridized carbons (Fsp3) is 0.389. The molecular weight excluding hydrogens is 356 g/mol. The second kappa shape index (κ2) is 6.55. The minimum absolute atomic E-state index is 0.0756. The van der Waals surface area contributed by atoms with Crippen molar-refractivity contribution in [3.63, 3.8) is 0 Å². The first-order chi connectivity index (χ1) is 12.1. The maximum atomic E-state index is 13.0. The lowest BCUT2D eigenvalue weighted by molar-refractivity contribution is 0.0792. The van der Waals surface area contributed by atoms with Crippen LogP contribution in [0.3, 0.4) is 0 Å². The molecule has 5 nitrogen and oxygen atoms in total. The summed E-state index contributed by atoms with van der Waals surface area (Å²) in [6, 6.07) is 8.47. The molecule has 0 spiro atoms. The molecule has 2 aliphatic rings. The molecule has 2 aliphatic heterocycles. The van der Waals surface area contributed by atoms with Gasteiger partial charge in [0.2, 0.25) is 10.0 Å². The highest BCUT2D eigenvalue weighted by Crippen LogP contribution is 2.28. The lowest BCUT2D eigenvalue weighted by Crippen LogP contribution is -2.35. The summed E-state index contributed by atoms with van der Waals surface area (Å²) in [5.74, 6) is -0.0756. The van der Waals surface area contributed by atoms with Crippen molar-refractivity contribution in [1.29, 1.82) is 0 Å². The van der Waals surface area contributed by atoms with Crippen molar-refractivity contribution in [2.45, 2.75) is 30.7 Å². The predicted molar refractivity (Wildman–Crippen MR) is 97.2 cm³/mol. The van der Waals surface area contributed by atoms with Gasteiger partial charge < -0.3 is 4.90 Å². The molecule has 25 heavy (non-hydrogen) atoms. The molecule has 1 aromatic carbocycles. The van der Waals surface area contributed by atoms with Gasteiger partial charge in [0, 0.05) is 36.6 Å². The third-order valence-electron chi connectivity index (χ3n) is 4.88. The van der Waals surface area contributed by atoms with Gasteiger partial charge in [0.1, 0.15) is 0 Å². The van der Waals surface area contributed by atoms with E-state index in [0.717, 1.165) is 37.9 Å². The van der Waals surface area contributed by atoms with Crippen LogP contribution in [0.2, 0.25) is 0 Å². The summed E-state index contributed by atoms with van der Waals surface area (Å²) in [4.78, 5) is 15.8. The van der Waals surface area contributed by atoms with Crippen molar-refractivity contribution < 1.29 is 13.2 Å². The molecule has 0 aliphatic carbocycles. The van der Waals surface area contributed by atoms with E-state index in [2.05, 4.69) is 0 Å². The standard InChI is InChI=1S/C18H20N2O3S2/c21-18(19-8-1-2-9-19)14-4-3-5-16(12-14)25(22,23)20-10-6-17-15(13-20)7-11-24-17/h3-5,7,11-12H,1-2,6,8-10,13H2. The third kappa shape index (κ3) is 3.12. The Balaban J connectivity index is 1.60. The summed E-state index contributed by atoms with van der Waals surface area (Å²) in [5.41, 5.74) is 1.54. The molecule has 1 fully saturated rings. The van der Waals surface area contributed by atoms with Crippen molar-refractivity contribution in [3.05, 3.63) is 51.7 Å². The van der Waals surface area contributed by atoms with E-state index in [1.54, 1.807) is 34.4 Å². The van der Waals surface area contributed by atoms with E-state index in [9.17, 15) is 13.2 Å². The van der Waals surface area contributed by atoms with Gasteiger partial charge >= 0.3 is 0 Å². The SMILES string of the molecule is O=C(c1cccc(S(=O)(=O)N2CCc3sccc3C2)c1)N1CCCC1. The van der Waals surface area contributed by atoms with Crippen molar-refractivity contribution >= 4 is 27.3 Å². The summed E-state index contributed by atoms with van der Waals surface area (Å²) in [5, 5.41) is 2.01. The first-order valence-corrected chi connectivity index (χ1v) is 10.8. The molecule has 132 valence electrons. The van der Waals surface area contributed by atoms with E-state index in [4.69, 9.17) is 0 Å². The number of amides is 1. The molecule has 1 saturated heterocycles. The topological polar surface area (TPSA) is 57.7 Å². The van der Waals surface area contributed by atoms with Crippen LogP contribution in [-0.4, -0.2) is 43.2 Å². The van der Waals surface area contributed by atoms with Crippen LogP contribution in [0.5, 0.6) is 0 Å². The molecule has 0 saturated carbocycles. The zero-order chi connectivity index (χ0) is 17.4. The van der Waals surface area contributed by atoms with Gasteiger partial charge in [-0.05, 0) is 54.5 Å². The number of rotatable bonds is 3. The van der Waals surface area contributed by atoms with Crippen molar-refractivity contribution in [2.24, 2.45) is 0 Å². The van der Waals surface area contributed by atoms with E-state index in [-0.39, 0.29) is 10.8 Å². The van der Waals surface area contributed by atoms with Crippen molar-refractivity contribution in [2.75, 3.05) is 19.6 Å². The lowest BCUT2D eigenvalue weighted by atomic mass is 10.1. The smallest absolute Gasteiger partial charge is 0.253 e. The highest BCUT2D eigenvalue weighted by atomic mass is 32.2. The highest BCUT2D eigenvalue weighted by molar-refractivity contribution is 7.89. The number of fused-ring (bicyclic) bond motifs is 1. The summed E-state index contributed by atoms with van der Waals surface area (Å²) >= 11 is 1.68. The number of hydrogen-bond acceptors (Lipinski definition) is 4. The first-order valence-electron chi connectivity index (χ1n) is 8.50. The van der Waals surface area contributed by atoms with Crippen LogP contribution >= 0.6 is 11.3 Å². The molecule has 1 aromatic heterocycles. The molecule has 1 amide bonds. The van der Waals surface area contributed by atoms with Crippen LogP contribution in [-0.2, 0) is 23.0 Å². The Morgan fingerprint density at radius 2 is 1.88 bits per heavy atom. The summed E-state index contributed by atoms with van der Waals surface area (Å²) in [7, 11) is -3.59. The normalized spacial score (nSPS) is 18.3. The predicted octanol–water partition coefficient (Wildman–Crippen LogP) is 2.73. The summed E-state index contributed by atoms with van der Waals surface area (Å²) in [6.07, 6.45) is 2.78. The number of likely N-dealkylation sites (tertiary alicyclic amines) is 1. The second-order valence-corrected chi connectivity index (χ2v) is 9.42. The molecule has 0 unspecified atom stereocenters. The summed E-state index contributed by atoms with van der Waals surface area (Å²) < 4.78 is 27.6. The van der Waals surface area contributed by atoms with Crippen LogP contribution in [0.15, 0.2) is 40.6 Å². The molecule has 3 heterocycles. The van der Waals surface area contributed by atoms with Gasteiger partial charge in [0.05, 0.1) is 4.90 Å². The number of sulfonamides is 1. The minimum Gasteiger partial charge on any atom is -0.339 e. The highest BCUT2D eigenvalue weighted by Gasteiger charge is 2.29. The number of hydrogen-bond donors (Lipinski definition) is 0. The zero-order valence-electron chi connectivity index (χ0n) is 13.8. The minimum atomic E-state index is -3.59. The Morgan fingerprint density at radius 1 is 1.08 bits per heavy atom. The van der Waals surface area contributed by atoms with Crippen LogP contribution in [0, 0.1) is 0 Å². The van der Waals surface area contributed by atoms with Crippen LogP contribution in [0.4, 0.5) is 0 Å². The average Bonchev–Trinajstić information content (AvgIpc) is 3.32. The van der Waals surface area contributed by atoms with Crippen LogP contribution in [0.25, 0.3) is 0 Å². The third-order valence-corrected chi connectivity index (χ3v) is 7.75. The Kier molecular flexibility index (Phi) is 4.39. The van der Waals surface area contributed by atoms with Gasteiger partial charge in [-0.15, -0.1) is 11.3 Å². The van der Waals surface area contributed by atoms with Gasteiger partial charge in [0.15, 0.2) is 0 Å². The summed E-state index contributed by atoms with van der Waals surface area (Å²) in [6.45, 7) is 2.40. The fourth-order valence-electron chi connectivity index (χ4n) is 3.47. The number of benzene rings is 1. The number of carbonyl (C=O) groups excluding carboxylic acids is 1. The lowest BCUT2D eigenvalue weighted by Gasteiger charge is -2.26. The Morgan fingerprint density at radius 3 is 2.68 bits per heavy atom. The molecule has 0 N–H and O–H groups in total. The van der Waals surface area contributed by atoms with E-state index >= 15 is 0 Å². The van der Waals surface area contributed by atoms with E-state index < -0.39 is 10.0 Å². The molecule has 4 rings (SSSR count). The average molecular weight is 377 g/mol. The van der Waals surface area contributed by atoms with Gasteiger partial charge in [-0.1, -0.05) is 6.07 Å². The van der Waals surface area contributed by atoms with E-state index in [0.29, 0.717) is 18.7 Å². The van der Waals surface area contributed by atoms with Crippen molar-refractivity contribution in [3.8, 4) is 0 Å². The first kappa shape index (κ1) is 16.8. The quantitative estimate of drug-likeness (QED) is 0.828. The molecule has 0 atom stereocenters. The van der Waals surface area contributed by atoms with Crippen LogP contribution in [0.1, 0.15) is 33.6 Å². The number of carbonyl (C=O) groups is 1. The molecule has 0 bridgehead atoms. The van der Waals surface area contributed by atoms with E-state index in [1.165, 1.54) is 15.2 Å². The number of thiophene rings is 1. The second-order valence-electron chi connectivity index (χ2n) is 6.48. The Bertz CT molecular complexity index is 899. The number of nitrogens with zero attached hydrogens (tertiary/aromatic N) is 2. The van der Waals surface area contributed by atoms with Crippen molar-refractivity contribution in [1.82, 2.24) is 9.21 Å². The van der Waals surface area contributed by atoms with Gasteiger partial charge in [-0.2, -0.15) is 4.31 Å². The van der Waals surface area contributed by atoms with Gasteiger partial charge in [0.25, 0.3) is 5.91 Å². The molecular formula is C18H20N2O3S2. The maximum Gasteiger partial charge on any atom is 0.253 e. The Labute approximate surface area is 151 Å². The molecule has 7 heteroatoms. The zero-order valence-corrected chi connectivity index (χ0v) is 15.5. The maximum absolute atomic E-state index is 13.0. The fourth-order valence-corrected chi connectivity index (χ4v) is 5.82.